The van der Waals surface area contributed by atoms with E-state index in [0.717, 1.165) is 0 Å². The molecular formula is C14H18N2O4S2. The second kappa shape index (κ2) is 6.70. The monoisotopic (exact) mass is 342 g/mol. The smallest absolute Gasteiger partial charge is 0.416 e. The molecule has 0 saturated carbocycles. The number of ketones is 1. The number of carbonyl (C=O) groups is 3. The van der Waals surface area contributed by atoms with Crippen LogP contribution in [-0.2, 0) is 9.53 Å². The van der Waals surface area contributed by atoms with Gasteiger partial charge in [-0.1, -0.05) is 0 Å². The molecule has 8 heteroatoms. The maximum absolute atomic E-state index is 12.4. The number of anilines is 2. The molecule has 2 rings (SSSR count). The quantitative estimate of drug-likeness (QED) is 0.851. The van der Waals surface area contributed by atoms with E-state index in [1.54, 1.807) is 19.9 Å². The zero-order chi connectivity index (χ0) is 16.4. The van der Waals surface area contributed by atoms with Gasteiger partial charge in [-0.25, -0.2) is 4.79 Å². The zero-order valence-electron chi connectivity index (χ0n) is 12.8. The van der Waals surface area contributed by atoms with Gasteiger partial charge in [0.1, 0.15) is 11.0 Å². The summed E-state index contributed by atoms with van der Waals surface area (Å²) in [6.07, 6.45) is 1.01. The van der Waals surface area contributed by atoms with Crippen LogP contribution in [0.1, 0.15) is 30.4 Å². The maximum Gasteiger partial charge on any atom is 0.416 e. The topological polar surface area (TPSA) is 75.7 Å². The Kier molecular flexibility index (Phi) is 5.12. The maximum atomic E-state index is 12.4. The van der Waals surface area contributed by atoms with Crippen molar-refractivity contribution in [1.82, 2.24) is 0 Å². The van der Waals surface area contributed by atoms with E-state index in [2.05, 4.69) is 5.32 Å². The highest BCUT2D eigenvalue weighted by Crippen LogP contribution is 2.41. The average Bonchev–Trinajstić information content (AvgIpc) is 2.82. The molecule has 1 N–H and O–H groups in total. The van der Waals surface area contributed by atoms with E-state index >= 15 is 0 Å². The first-order chi connectivity index (χ1) is 10.3. The van der Waals surface area contributed by atoms with Crippen molar-refractivity contribution in [1.29, 1.82) is 0 Å². The second-order valence-electron chi connectivity index (χ2n) is 5.15. The van der Waals surface area contributed by atoms with E-state index in [0.29, 0.717) is 21.3 Å². The molecule has 0 bridgehead atoms. The number of thioether (sulfide) groups is 1. The number of nitrogens with one attached hydrogen (secondary N) is 1. The summed E-state index contributed by atoms with van der Waals surface area (Å²) in [5.41, 5.74) is 0.484. The van der Waals surface area contributed by atoms with E-state index in [1.165, 1.54) is 34.9 Å². The fourth-order valence-electron chi connectivity index (χ4n) is 2.07. The van der Waals surface area contributed by atoms with Crippen molar-refractivity contribution >= 4 is 51.6 Å². The highest BCUT2D eigenvalue weighted by Gasteiger charge is 2.39. The minimum absolute atomic E-state index is 0.104. The molecule has 6 nitrogen and oxygen atoms in total. The van der Waals surface area contributed by atoms with Crippen LogP contribution >= 0.6 is 23.1 Å². The van der Waals surface area contributed by atoms with Gasteiger partial charge in [0.15, 0.2) is 5.78 Å². The Morgan fingerprint density at radius 2 is 2.18 bits per heavy atom. The third kappa shape index (κ3) is 3.27. The van der Waals surface area contributed by atoms with Crippen LogP contribution in [0.25, 0.3) is 0 Å². The molecular weight excluding hydrogens is 324 g/mol. The SMILES string of the molecule is CSC[C@H]1C(=O)Nc2cc(C(C)=O)sc2N1C(=O)OC(C)C. The molecule has 0 unspecified atom stereocenters. The Hall–Kier alpha value is -1.54. The molecule has 1 aliphatic heterocycles. The lowest BCUT2D eigenvalue weighted by molar-refractivity contribution is -0.117. The van der Waals surface area contributed by atoms with Crippen molar-refractivity contribution in [3.05, 3.63) is 10.9 Å². The van der Waals surface area contributed by atoms with Crippen molar-refractivity contribution in [3.8, 4) is 0 Å². The first kappa shape index (κ1) is 16.8. The van der Waals surface area contributed by atoms with Gasteiger partial charge < -0.3 is 10.1 Å². The van der Waals surface area contributed by atoms with Crippen LogP contribution in [0.15, 0.2) is 6.07 Å². The van der Waals surface area contributed by atoms with Crippen molar-refractivity contribution < 1.29 is 19.1 Å². The number of carbonyl (C=O) groups excluding carboxylic acids is 3. The van der Waals surface area contributed by atoms with Gasteiger partial charge in [0.2, 0.25) is 5.91 Å². The largest absolute Gasteiger partial charge is 0.446 e. The summed E-state index contributed by atoms with van der Waals surface area (Å²) in [6.45, 7) is 4.96. The lowest BCUT2D eigenvalue weighted by Crippen LogP contribution is -2.52. The van der Waals surface area contributed by atoms with Gasteiger partial charge >= 0.3 is 6.09 Å². The fraction of sp³-hybridized carbons (Fsp3) is 0.500. The second-order valence-corrected chi connectivity index (χ2v) is 7.09. The Bertz CT molecular complexity index is 612. The summed E-state index contributed by atoms with van der Waals surface area (Å²) in [5, 5.41) is 3.32. The number of Topliss-reactive ketones (excluding diaryl/α,β-unsaturated/α-hetero) is 1. The van der Waals surface area contributed by atoms with Gasteiger partial charge in [-0.2, -0.15) is 11.8 Å². The fourth-order valence-corrected chi connectivity index (χ4v) is 3.74. The summed E-state index contributed by atoms with van der Waals surface area (Å²) in [4.78, 5) is 38.1. The van der Waals surface area contributed by atoms with Crippen LogP contribution in [0.2, 0.25) is 0 Å². The normalized spacial score (nSPS) is 17.2. The number of ether oxygens (including phenoxy) is 1. The van der Waals surface area contributed by atoms with Crippen LogP contribution in [0.5, 0.6) is 0 Å². The Morgan fingerprint density at radius 1 is 1.50 bits per heavy atom. The van der Waals surface area contributed by atoms with Crippen LogP contribution < -0.4 is 10.2 Å². The highest BCUT2D eigenvalue weighted by molar-refractivity contribution is 7.98. The van der Waals surface area contributed by atoms with Gasteiger partial charge in [-0.05, 0) is 33.1 Å². The molecule has 0 fully saturated rings. The number of rotatable bonds is 4. The van der Waals surface area contributed by atoms with Gasteiger partial charge in [-0.15, -0.1) is 11.3 Å². The predicted octanol–water partition coefficient (Wildman–Crippen LogP) is 2.99. The van der Waals surface area contributed by atoms with E-state index in [4.69, 9.17) is 4.74 Å². The lowest BCUT2D eigenvalue weighted by atomic mass is 10.2. The summed E-state index contributed by atoms with van der Waals surface area (Å²) in [6, 6.07) is 0.956. The number of hydrogen-bond donors (Lipinski definition) is 1. The van der Waals surface area contributed by atoms with Crippen molar-refractivity contribution in [2.45, 2.75) is 32.9 Å². The molecule has 0 spiro atoms. The molecule has 22 heavy (non-hydrogen) atoms. The Labute approximate surface area is 137 Å². The van der Waals surface area contributed by atoms with E-state index < -0.39 is 12.1 Å². The summed E-state index contributed by atoms with van der Waals surface area (Å²) < 4.78 is 5.26. The van der Waals surface area contributed by atoms with Gasteiger partial charge in [0.05, 0.1) is 16.7 Å². The Morgan fingerprint density at radius 3 is 2.73 bits per heavy atom. The van der Waals surface area contributed by atoms with Gasteiger partial charge in [0.25, 0.3) is 0 Å². The first-order valence-electron chi connectivity index (χ1n) is 6.79. The molecule has 2 amide bonds. The minimum Gasteiger partial charge on any atom is -0.446 e. The summed E-state index contributed by atoms with van der Waals surface area (Å²) >= 11 is 2.66. The number of hydrogen-bond acceptors (Lipinski definition) is 6. The Balaban J connectivity index is 2.45. The first-order valence-corrected chi connectivity index (χ1v) is 9.00. The van der Waals surface area contributed by atoms with Crippen LogP contribution in [0.3, 0.4) is 0 Å². The van der Waals surface area contributed by atoms with Gasteiger partial charge in [0, 0.05) is 5.75 Å². The van der Waals surface area contributed by atoms with Crippen LogP contribution in [0, 0.1) is 0 Å². The molecule has 1 aromatic rings. The molecule has 1 aliphatic rings. The van der Waals surface area contributed by atoms with Crippen molar-refractivity contribution in [2.75, 3.05) is 22.2 Å². The third-order valence-corrected chi connectivity index (χ3v) is 4.89. The average molecular weight is 342 g/mol. The molecule has 0 aliphatic carbocycles. The molecule has 120 valence electrons. The third-order valence-electron chi connectivity index (χ3n) is 3.01. The molecule has 1 atom stereocenters. The van der Waals surface area contributed by atoms with E-state index in [9.17, 15) is 14.4 Å². The number of thiophene rings is 1. The van der Waals surface area contributed by atoms with Crippen LogP contribution in [0.4, 0.5) is 15.5 Å². The molecule has 0 saturated heterocycles. The predicted molar refractivity (Wildman–Crippen MR) is 89.2 cm³/mol. The zero-order valence-corrected chi connectivity index (χ0v) is 14.5. The minimum atomic E-state index is -0.646. The van der Waals surface area contributed by atoms with Crippen molar-refractivity contribution in [3.63, 3.8) is 0 Å². The van der Waals surface area contributed by atoms with Gasteiger partial charge in [-0.3, -0.25) is 14.5 Å². The van der Waals surface area contributed by atoms with Crippen molar-refractivity contribution in [2.24, 2.45) is 0 Å². The van der Waals surface area contributed by atoms with Crippen LogP contribution in [-0.4, -0.2) is 41.9 Å². The number of amides is 2. The molecule has 2 heterocycles. The standard InChI is InChI=1S/C14H18N2O4S2/c1-7(2)20-14(19)16-10(6-21-4)12(18)15-9-5-11(8(3)17)22-13(9)16/h5,7,10H,6H2,1-4H3,(H,15,18)/t10-/m0/s1. The summed E-state index contributed by atoms with van der Waals surface area (Å²) in [5.74, 6) is 0.0777. The molecule has 1 aromatic heterocycles. The number of nitrogens with zero attached hydrogens (tertiary/aromatic N) is 1. The van der Waals surface area contributed by atoms with E-state index in [-0.39, 0.29) is 17.8 Å². The van der Waals surface area contributed by atoms with E-state index in [1.807, 2.05) is 6.26 Å². The lowest BCUT2D eigenvalue weighted by Gasteiger charge is -2.33. The molecule has 0 aromatic carbocycles. The molecule has 0 radical (unpaired) electrons. The highest BCUT2D eigenvalue weighted by atomic mass is 32.2. The number of fused-ring (bicyclic) bond motifs is 1. The summed E-state index contributed by atoms with van der Waals surface area (Å²) in [7, 11) is 0.